The third-order valence-electron chi connectivity index (χ3n) is 3.77. The second-order valence-corrected chi connectivity index (χ2v) is 6.22. The number of carbonyl (C=O) groups is 1. The Morgan fingerprint density at radius 1 is 1.29 bits per heavy atom. The number of amides is 1. The lowest BCUT2D eigenvalue weighted by atomic mass is 10.1. The number of carbonyl (C=O) groups excluding carboxylic acids is 1. The van der Waals surface area contributed by atoms with Crippen molar-refractivity contribution in [3.63, 3.8) is 0 Å². The first-order valence-corrected chi connectivity index (χ1v) is 7.69. The highest BCUT2D eigenvalue weighted by Crippen LogP contribution is 2.34. The molecule has 0 radical (unpaired) electrons. The Morgan fingerprint density at radius 3 is 2.76 bits per heavy atom. The summed E-state index contributed by atoms with van der Waals surface area (Å²) in [4.78, 5) is 13.5. The van der Waals surface area contributed by atoms with Gasteiger partial charge in [0.25, 0.3) is 5.91 Å². The SMILES string of the molecule is Cc1scc(C(=O)N[C@H](C)c2ccc3c(c2)OCO3)c1C. The molecule has 21 heavy (non-hydrogen) atoms. The molecule has 0 saturated carbocycles. The average Bonchev–Trinajstić information content (AvgIpc) is 3.05. The Morgan fingerprint density at radius 2 is 2.05 bits per heavy atom. The number of ether oxygens (including phenoxy) is 2. The van der Waals surface area contributed by atoms with Gasteiger partial charge < -0.3 is 14.8 Å². The maximum absolute atomic E-state index is 12.3. The number of rotatable bonds is 3. The molecule has 2 aromatic rings. The van der Waals surface area contributed by atoms with Crippen LogP contribution in [0.2, 0.25) is 0 Å². The van der Waals surface area contributed by atoms with E-state index in [0.29, 0.717) is 0 Å². The molecule has 2 heterocycles. The summed E-state index contributed by atoms with van der Waals surface area (Å²) in [6.07, 6.45) is 0. The smallest absolute Gasteiger partial charge is 0.252 e. The van der Waals surface area contributed by atoms with E-state index < -0.39 is 0 Å². The molecule has 5 heteroatoms. The second-order valence-electron chi connectivity index (χ2n) is 5.14. The van der Waals surface area contributed by atoms with Gasteiger partial charge in [-0.05, 0) is 44.0 Å². The largest absolute Gasteiger partial charge is 0.454 e. The van der Waals surface area contributed by atoms with Crippen LogP contribution in [-0.2, 0) is 0 Å². The van der Waals surface area contributed by atoms with Gasteiger partial charge in [-0.2, -0.15) is 0 Å². The van der Waals surface area contributed by atoms with Gasteiger partial charge in [0, 0.05) is 10.3 Å². The van der Waals surface area contributed by atoms with Gasteiger partial charge >= 0.3 is 0 Å². The maximum atomic E-state index is 12.3. The molecule has 1 amide bonds. The summed E-state index contributed by atoms with van der Waals surface area (Å²) in [5.41, 5.74) is 2.80. The highest BCUT2D eigenvalue weighted by atomic mass is 32.1. The lowest BCUT2D eigenvalue weighted by Gasteiger charge is -2.15. The molecule has 1 N–H and O–H groups in total. The zero-order valence-corrected chi connectivity index (χ0v) is 13.0. The van der Waals surface area contributed by atoms with Gasteiger partial charge in [0.15, 0.2) is 11.5 Å². The van der Waals surface area contributed by atoms with Crippen molar-refractivity contribution in [2.75, 3.05) is 6.79 Å². The molecule has 0 unspecified atom stereocenters. The molecule has 1 atom stereocenters. The molecular formula is C16H17NO3S. The molecule has 3 rings (SSSR count). The van der Waals surface area contributed by atoms with Crippen molar-refractivity contribution in [2.45, 2.75) is 26.8 Å². The highest BCUT2D eigenvalue weighted by Gasteiger charge is 2.18. The van der Waals surface area contributed by atoms with E-state index in [-0.39, 0.29) is 18.7 Å². The number of hydrogen-bond acceptors (Lipinski definition) is 4. The minimum atomic E-state index is -0.0911. The molecule has 0 spiro atoms. The summed E-state index contributed by atoms with van der Waals surface area (Å²) in [6, 6.07) is 5.65. The number of hydrogen-bond donors (Lipinski definition) is 1. The summed E-state index contributed by atoms with van der Waals surface area (Å²) in [5.74, 6) is 1.44. The number of nitrogens with one attached hydrogen (secondary N) is 1. The van der Waals surface area contributed by atoms with Crippen LogP contribution in [0.1, 0.15) is 39.3 Å². The average molecular weight is 303 g/mol. The van der Waals surface area contributed by atoms with Gasteiger partial charge in [-0.15, -0.1) is 11.3 Å². The standard InChI is InChI=1S/C16H17NO3S/c1-9-11(3)21-7-13(9)16(18)17-10(2)12-4-5-14-15(6-12)20-8-19-14/h4-7,10H,8H2,1-3H3,(H,17,18)/t10-/m1/s1. The monoisotopic (exact) mass is 303 g/mol. The Labute approximate surface area is 127 Å². The minimum Gasteiger partial charge on any atom is -0.454 e. The predicted octanol–water partition coefficient (Wildman–Crippen LogP) is 3.58. The Kier molecular flexibility index (Phi) is 3.59. The molecule has 0 bridgehead atoms. The van der Waals surface area contributed by atoms with Gasteiger partial charge in [-0.3, -0.25) is 4.79 Å². The Bertz CT molecular complexity index is 693. The third kappa shape index (κ3) is 2.61. The van der Waals surface area contributed by atoms with Crippen molar-refractivity contribution in [1.29, 1.82) is 0 Å². The fourth-order valence-electron chi connectivity index (χ4n) is 2.28. The fraction of sp³-hybridized carbons (Fsp3) is 0.312. The van der Waals surface area contributed by atoms with Gasteiger partial charge in [-0.25, -0.2) is 0 Å². The van der Waals surface area contributed by atoms with Crippen molar-refractivity contribution in [3.05, 3.63) is 45.1 Å². The third-order valence-corrected chi connectivity index (χ3v) is 4.79. The van der Waals surface area contributed by atoms with Crippen molar-refractivity contribution >= 4 is 17.2 Å². The topological polar surface area (TPSA) is 47.6 Å². The molecule has 1 aromatic carbocycles. The molecule has 1 aromatic heterocycles. The molecule has 1 aliphatic rings. The van der Waals surface area contributed by atoms with Crippen LogP contribution in [0, 0.1) is 13.8 Å². The number of fused-ring (bicyclic) bond motifs is 1. The first-order chi connectivity index (χ1) is 10.1. The molecular weight excluding hydrogens is 286 g/mol. The fourth-order valence-corrected chi connectivity index (χ4v) is 3.14. The van der Waals surface area contributed by atoms with Crippen LogP contribution in [0.5, 0.6) is 11.5 Å². The summed E-state index contributed by atoms with van der Waals surface area (Å²) >= 11 is 1.60. The molecule has 1 aliphatic heterocycles. The lowest BCUT2D eigenvalue weighted by molar-refractivity contribution is 0.0939. The van der Waals surface area contributed by atoms with Crippen LogP contribution in [0.3, 0.4) is 0 Å². The quantitative estimate of drug-likeness (QED) is 0.942. The zero-order valence-electron chi connectivity index (χ0n) is 12.2. The van der Waals surface area contributed by atoms with Crippen LogP contribution < -0.4 is 14.8 Å². The van der Waals surface area contributed by atoms with Crippen LogP contribution in [0.4, 0.5) is 0 Å². The van der Waals surface area contributed by atoms with E-state index in [1.54, 1.807) is 11.3 Å². The van der Waals surface area contributed by atoms with Crippen LogP contribution >= 0.6 is 11.3 Å². The van der Waals surface area contributed by atoms with E-state index in [2.05, 4.69) is 5.32 Å². The van der Waals surface area contributed by atoms with E-state index in [9.17, 15) is 4.79 Å². The van der Waals surface area contributed by atoms with Crippen molar-refractivity contribution in [2.24, 2.45) is 0 Å². The number of aryl methyl sites for hydroxylation is 1. The second kappa shape index (κ2) is 5.41. The zero-order chi connectivity index (χ0) is 15.0. The minimum absolute atomic E-state index is 0.0398. The number of benzene rings is 1. The Hall–Kier alpha value is -2.01. The van der Waals surface area contributed by atoms with E-state index in [1.165, 1.54) is 4.88 Å². The predicted molar refractivity (Wildman–Crippen MR) is 82.2 cm³/mol. The molecule has 0 aliphatic carbocycles. The summed E-state index contributed by atoms with van der Waals surface area (Å²) in [6.45, 7) is 6.22. The van der Waals surface area contributed by atoms with Gasteiger partial charge in [-0.1, -0.05) is 6.07 Å². The first-order valence-electron chi connectivity index (χ1n) is 6.81. The normalized spacial score (nSPS) is 14.0. The first kappa shape index (κ1) is 13.9. The summed E-state index contributed by atoms with van der Waals surface area (Å²) in [7, 11) is 0. The van der Waals surface area contributed by atoms with Crippen molar-refractivity contribution < 1.29 is 14.3 Å². The van der Waals surface area contributed by atoms with E-state index in [0.717, 1.165) is 28.2 Å². The molecule has 4 nitrogen and oxygen atoms in total. The summed E-state index contributed by atoms with van der Waals surface area (Å²) < 4.78 is 10.7. The van der Waals surface area contributed by atoms with Crippen LogP contribution in [-0.4, -0.2) is 12.7 Å². The lowest BCUT2D eigenvalue weighted by Crippen LogP contribution is -2.26. The molecule has 0 fully saturated rings. The molecule has 110 valence electrons. The molecule has 0 saturated heterocycles. The van der Waals surface area contributed by atoms with Crippen molar-refractivity contribution in [1.82, 2.24) is 5.32 Å². The van der Waals surface area contributed by atoms with Crippen LogP contribution in [0.25, 0.3) is 0 Å². The van der Waals surface area contributed by atoms with E-state index in [4.69, 9.17) is 9.47 Å². The van der Waals surface area contributed by atoms with E-state index >= 15 is 0 Å². The van der Waals surface area contributed by atoms with E-state index in [1.807, 2.05) is 44.4 Å². The maximum Gasteiger partial charge on any atom is 0.252 e. The van der Waals surface area contributed by atoms with Crippen molar-refractivity contribution in [3.8, 4) is 11.5 Å². The Balaban J connectivity index is 1.75. The van der Waals surface area contributed by atoms with Gasteiger partial charge in [0.05, 0.1) is 11.6 Å². The van der Waals surface area contributed by atoms with Gasteiger partial charge in [0.1, 0.15) is 0 Å². The van der Waals surface area contributed by atoms with Gasteiger partial charge in [0.2, 0.25) is 6.79 Å². The number of thiophene rings is 1. The van der Waals surface area contributed by atoms with Crippen LogP contribution in [0.15, 0.2) is 23.6 Å². The summed E-state index contributed by atoms with van der Waals surface area (Å²) in [5, 5.41) is 4.94. The highest BCUT2D eigenvalue weighted by molar-refractivity contribution is 7.10.